The van der Waals surface area contributed by atoms with E-state index in [1.54, 1.807) is 25.1 Å². The summed E-state index contributed by atoms with van der Waals surface area (Å²) in [6.07, 6.45) is 0. The third-order valence-electron chi connectivity index (χ3n) is 2.82. The van der Waals surface area contributed by atoms with Crippen molar-refractivity contribution in [3.63, 3.8) is 0 Å². The second-order valence-corrected chi connectivity index (χ2v) is 4.44. The van der Waals surface area contributed by atoms with Crippen LogP contribution in [0, 0.1) is 24.0 Å². The Morgan fingerprint density at radius 3 is 2.70 bits per heavy atom. The molecular weight excluding hydrogens is 262 g/mol. The Balaban J connectivity index is 2.19. The smallest absolute Gasteiger partial charge is 0.167 e. The lowest BCUT2D eigenvalue weighted by molar-refractivity contribution is 0.289. The van der Waals surface area contributed by atoms with Gasteiger partial charge in [0.05, 0.1) is 0 Å². The number of halogens is 2. The minimum absolute atomic E-state index is 0.00157. The monoisotopic (exact) mass is 276 g/mol. The molecule has 0 amide bonds. The summed E-state index contributed by atoms with van der Waals surface area (Å²) in [6.45, 7) is 1.64. The molecule has 2 aromatic rings. The highest BCUT2D eigenvalue weighted by atomic mass is 19.1. The summed E-state index contributed by atoms with van der Waals surface area (Å²) >= 11 is 0. The molecule has 0 unspecified atom stereocenters. The Morgan fingerprint density at radius 1 is 1.25 bits per heavy atom. The molecule has 20 heavy (non-hydrogen) atoms. The van der Waals surface area contributed by atoms with Crippen LogP contribution in [0.25, 0.3) is 0 Å². The average Bonchev–Trinajstić information content (AvgIpc) is 2.40. The van der Waals surface area contributed by atoms with Gasteiger partial charge in [0.1, 0.15) is 18.3 Å². The molecular formula is C15H14F2N2O. The number of aryl methyl sites for hydroxylation is 1. The predicted molar refractivity (Wildman–Crippen MR) is 72.9 cm³/mol. The summed E-state index contributed by atoms with van der Waals surface area (Å²) in [5, 5.41) is 7.30. The van der Waals surface area contributed by atoms with Crippen LogP contribution in [0.5, 0.6) is 5.75 Å². The lowest BCUT2D eigenvalue weighted by atomic mass is 10.1. The van der Waals surface area contributed by atoms with E-state index in [4.69, 9.17) is 15.9 Å². The fourth-order valence-electron chi connectivity index (χ4n) is 1.78. The second kappa shape index (κ2) is 5.69. The van der Waals surface area contributed by atoms with Crippen molar-refractivity contribution in [2.45, 2.75) is 13.5 Å². The maximum Gasteiger partial charge on any atom is 0.167 e. The fraction of sp³-hybridized carbons (Fsp3) is 0.133. The normalized spacial score (nSPS) is 10.3. The van der Waals surface area contributed by atoms with E-state index in [0.29, 0.717) is 11.1 Å². The quantitative estimate of drug-likeness (QED) is 0.665. The molecule has 3 N–H and O–H groups in total. The standard InChI is InChI=1S/C15H14F2N2O/c1-9-3-2-4-13(14(9)17)20-8-10-5-11(15(18)19)7-12(16)6-10/h2-7H,8H2,1H3,(H3,18,19). The summed E-state index contributed by atoms with van der Waals surface area (Å²) < 4.78 is 32.5. The highest BCUT2D eigenvalue weighted by molar-refractivity contribution is 5.95. The predicted octanol–water partition coefficient (Wildman–Crippen LogP) is 3.14. The van der Waals surface area contributed by atoms with Gasteiger partial charge in [0.25, 0.3) is 0 Å². The van der Waals surface area contributed by atoms with Gasteiger partial charge < -0.3 is 10.5 Å². The van der Waals surface area contributed by atoms with Crippen LogP contribution in [-0.2, 0) is 6.61 Å². The van der Waals surface area contributed by atoms with Crippen molar-refractivity contribution in [3.05, 3.63) is 64.7 Å². The minimum atomic E-state index is -0.513. The first-order chi connectivity index (χ1) is 9.47. The highest BCUT2D eigenvalue weighted by Crippen LogP contribution is 2.21. The van der Waals surface area contributed by atoms with Crippen molar-refractivity contribution >= 4 is 5.84 Å². The number of nitrogen functional groups attached to an aromatic ring is 1. The molecule has 0 spiro atoms. The Bertz CT molecular complexity index is 656. The van der Waals surface area contributed by atoms with Gasteiger partial charge in [-0.1, -0.05) is 12.1 Å². The van der Waals surface area contributed by atoms with Crippen LogP contribution in [-0.4, -0.2) is 5.84 Å². The van der Waals surface area contributed by atoms with Gasteiger partial charge in [-0.3, -0.25) is 5.41 Å². The van der Waals surface area contributed by atoms with Crippen molar-refractivity contribution in [1.82, 2.24) is 0 Å². The number of hydrogen-bond acceptors (Lipinski definition) is 2. The van der Waals surface area contributed by atoms with E-state index < -0.39 is 11.6 Å². The second-order valence-electron chi connectivity index (χ2n) is 4.44. The molecule has 2 rings (SSSR count). The number of benzene rings is 2. The van der Waals surface area contributed by atoms with Gasteiger partial charge in [-0.05, 0) is 42.3 Å². The average molecular weight is 276 g/mol. The topological polar surface area (TPSA) is 59.1 Å². The maximum absolute atomic E-state index is 13.7. The van der Waals surface area contributed by atoms with Gasteiger partial charge in [0.2, 0.25) is 0 Å². The van der Waals surface area contributed by atoms with Crippen molar-refractivity contribution in [2.75, 3.05) is 0 Å². The number of rotatable bonds is 4. The van der Waals surface area contributed by atoms with Crippen LogP contribution in [0.3, 0.4) is 0 Å². The minimum Gasteiger partial charge on any atom is -0.486 e. The third kappa shape index (κ3) is 3.12. The molecule has 0 saturated heterocycles. The van der Waals surface area contributed by atoms with Crippen LogP contribution in [0.1, 0.15) is 16.7 Å². The third-order valence-corrected chi connectivity index (χ3v) is 2.82. The molecule has 0 bridgehead atoms. The Hall–Kier alpha value is -2.43. The maximum atomic E-state index is 13.7. The van der Waals surface area contributed by atoms with E-state index in [9.17, 15) is 8.78 Å². The Kier molecular flexibility index (Phi) is 3.98. The lowest BCUT2D eigenvalue weighted by Crippen LogP contribution is -2.12. The summed E-state index contributed by atoms with van der Waals surface area (Å²) in [5.41, 5.74) is 6.55. The van der Waals surface area contributed by atoms with Gasteiger partial charge >= 0.3 is 0 Å². The first kappa shape index (κ1) is 14.0. The van der Waals surface area contributed by atoms with Crippen LogP contribution in [0.15, 0.2) is 36.4 Å². The van der Waals surface area contributed by atoms with Gasteiger partial charge in [-0.25, -0.2) is 8.78 Å². The van der Waals surface area contributed by atoms with Crippen molar-refractivity contribution in [1.29, 1.82) is 5.41 Å². The Morgan fingerprint density at radius 2 is 2.00 bits per heavy atom. The summed E-state index contributed by atoms with van der Waals surface area (Å²) in [4.78, 5) is 0. The molecule has 0 atom stereocenters. The van der Waals surface area contributed by atoms with Gasteiger partial charge in [-0.15, -0.1) is 0 Å². The molecule has 0 aromatic heterocycles. The molecule has 3 nitrogen and oxygen atoms in total. The van der Waals surface area contributed by atoms with Crippen LogP contribution in [0.4, 0.5) is 8.78 Å². The number of hydrogen-bond donors (Lipinski definition) is 2. The summed E-state index contributed by atoms with van der Waals surface area (Å²) in [6, 6.07) is 8.80. The first-order valence-electron chi connectivity index (χ1n) is 5.99. The van der Waals surface area contributed by atoms with Gasteiger partial charge in [0, 0.05) is 5.56 Å². The van der Waals surface area contributed by atoms with E-state index in [0.717, 1.165) is 0 Å². The molecule has 104 valence electrons. The van der Waals surface area contributed by atoms with Crippen molar-refractivity contribution < 1.29 is 13.5 Å². The lowest BCUT2D eigenvalue weighted by Gasteiger charge is -2.10. The Labute approximate surface area is 115 Å². The van der Waals surface area contributed by atoms with Crippen LogP contribution < -0.4 is 10.5 Å². The summed E-state index contributed by atoms with van der Waals surface area (Å²) in [7, 11) is 0. The van der Waals surface area contributed by atoms with Crippen LogP contribution >= 0.6 is 0 Å². The molecule has 0 aliphatic rings. The number of ether oxygens (including phenoxy) is 1. The molecule has 5 heteroatoms. The zero-order valence-corrected chi connectivity index (χ0v) is 10.9. The van der Waals surface area contributed by atoms with E-state index >= 15 is 0 Å². The van der Waals surface area contributed by atoms with E-state index in [1.807, 2.05) is 0 Å². The fourth-order valence-corrected chi connectivity index (χ4v) is 1.78. The van der Waals surface area contributed by atoms with Gasteiger partial charge in [-0.2, -0.15) is 0 Å². The zero-order valence-electron chi connectivity index (χ0n) is 10.9. The van der Waals surface area contributed by atoms with E-state index in [-0.39, 0.29) is 23.8 Å². The van der Waals surface area contributed by atoms with Crippen molar-refractivity contribution in [3.8, 4) is 5.75 Å². The highest BCUT2D eigenvalue weighted by Gasteiger charge is 2.08. The molecule has 0 saturated carbocycles. The summed E-state index contributed by atoms with van der Waals surface area (Å²) in [5.74, 6) is -1.07. The molecule has 0 aliphatic carbocycles. The molecule has 0 heterocycles. The largest absolute Gasteiger partial charge is 0.486 e. The molecule has 0 aliphatic heterocycles. The van der Waals surface area contributed by atoms with E-state index in [1.165, 1.54) is 18.2 Å². The molecule has 0 fully saturated rings. The van der Waals surface area contributed by atoms with Crippen molar-refractivity contribution in [2.24, 2.45) is 5.73 Å². The number of amidine groups is 1. The zero-order chi connectivity index (χ0) is 14.7. The molecule has 0 radical (unpaired) electrons. The number of nitrogens with one attached hydrogen (secondary N) is 1. The first-order valence-corrected chi connectivity index (χ1v) is 5.99. The SMILES string of the molecule is Cc1cccc(OCc2cc(F)cc(C(=N)N)c2)c1F. The van der Waals surface area contributed by atoms with Gasteiger partial charge in [0.15, 0.2) is 11.6 Å². The van der Waals surface area contributed by atoms with E-state index in [2.05, 4.69) is 0 Å². The number of nitrogens with two attached hydrogens (primary N) is 1. The molecule has 2 aromatic carbocycles. The van der Waals surface area contributed by atoms with Crippen LogP contribution in [0.2, 0.25) is 0 Å².